The van der Waals surface area contributed by atoms with Crippen molar-refractivity contribution in [3.63, 3.8) is 0 Å². The molecule has 0 atom stereocenters. The second kappa shape index (κ2) is 11.0. The van der Waals surface area contributed by atoms with Crippen molar-refractivity contribution >= 4 is 29.9 Å². The maximum Gasteiger partial charge on any atom is 0.191 e. The van der Waals surface area contributed by atoms with Crippen molar-refractivity contribution in [2.24, 2.45) is 10.4 Å². The second-order valence-electron chi connectivity index (χ2n) is 7.08. The SMILES string of the molecule is CCNC(=NCc1ccc(C)cc1C)NCC1(CCOC)CCC1.I. The van der Waals surface area contributed by atoms with Gasteiger partial charge in [0.1, 0.15) is 0 Å². The van der Waals surface area contributed by atoms with Crippen LogP contribution in [0.5, 0.6) is 0 Å². The summed E-state index contributed by atoms with van der Waals surface area (Å²) < 4.78 is 5.28. The minimum absolute atomic E-state index is 0. The largest absolute Gasteiger partial charge is 0.385 e. The number of methoxy groups -OCH3 is 1. The first-order chi connectivity index (χ1) is 11.6. The minimum Gasteiger partial charge on any atom is -0.385 e. The van der Waals surface area contributed by atoms with Gasteiger partial charge in [-0.2, -0.15) is 0 Å². The number of halogens is 1. The Balaban J connectivity index is 0.00000312. The lowest BCUT2D eigenvalue weighted by atomic mass is 9.67. The highest BCUT2D eigenvalue weighted by atomic mass is 127. The maximum atomic E-state index is 5.28. The fourth-order valence-electron chi connectivity index (χ4n) is 3.31. The number of guanidine groups is 1. The molecule has 0 radical (unpaired) electrons. The van der Waals surface area contributed by atoms with Gasteiger partial charge >= 0.3 is 0 Å². The normalized spacial score (nSPS) is 15.9. The third-order valence-electron chi connectivity index (χ3n) is 5.13. The van der Waals surface area contributed by atoms with E-state index in [0.29, 0.717) is 12.0 Å². The molecule has 0 heterocycles. The minimum atomic E-state index is 0. The molecule has 1 aliphatic rings. The molecule has 2 N–H and O–H groups in total. The Bertz CT molecular complexity index is 556. The zero-order valence-electron chi connectivity index (χ0n) is 16.2. The highest BCUT2D eigenvalue weighted by Gasteiger charge is 2.36. The quantitative estimate of drug-likeness (QED) is 0.348. The lowest BCUT2D eigenvalue weighted by Crippen LogP contribution is -2.47. The Morgan fingerprint density at radius 2 is 2.00 bits per heavy atom. The van der Waals surface area contributed by atoms with Crippen molar-refractivity contribution in [3.05, 3.63) is 34.9 Å². The number of aryl methyl sites for hydroxylation is 2. The predicted molar refractivity (Wildman–Crippen MR) is 117 cm³/mol. The average Bonchev–Trinajstić information content (AvgIpc) is 2.52. The van der Waals surface area contributed by atoms with E-state index in [1.165, 1.54) is 36.0 Å². The molecule has 0 saturated heterocycles. The van der Waals surface area contributed by atoms with E-state index < -0.39 is 0 Å². The molecule has 142 valence electrons. The molecule has 1 fully saturated rings. The van der Waals surface area contributed by atoms with Gasteiger partial charge in [-0.25, -0.2) is 4.99 Å². The van der Waals surface area contributed by atoms with Crippen molar-refractivity contribution in [1.29, 1.82) is 0 Å². The van der Waals surface area contributed by atoms with Crippen LogP contribution in [0.2, 0.25) is 0 Å². The molecule has 25 heavy (non-hydrogen) atoms. The summed E-state index contributed by atoms with van der Waals surface area (Å²) in [6.07, 6.45) is 5.05. The first kappa shape index (κ1) is 22.2. The third kappa shape index (κ3) is 6.77. The summed E-state index contributed by atoms with van der Waals surface area (Å²) in [5, 5.41) is 6.92. The van der Waals surface area contributed by atoms with Crippen LogP contribution in [0.4, 0.5) is 0 Å². The van der Waals surface area contributed by atoms with E-state index in [2.05, 4.69) is 49.6 Å². The molecule has 0 unspecified atom stereocenters. The van der Waals surface area contributed by atoms with Gasteiger partial charge in [-0.05, 0) is 56.6 Å². The molecule has 0 amide bonds. The predicted octanol–water partition coefficient (Wildman–Crippen LogP) is 4.18. The molecule has 1 aliphatic carbocycles. The first-order valence-electron chi connectivity index (χ1n) is 9.16. The molecule has 1 aromatic carbocycles. The number of rotatable bonds is 8. The number of benzene rings is 1. The third-order valence-corrected chi connectivity index (χ3v) is 5.13. The second-order valence-corrected chi connectivity index (χ2v) is 7.08. The smallest absolute Gasteiger partial charge is 0.191 e. The molecule has 0 aliphatic heterocycles. The molecular weight excluding hydrogens is 425 g/mol. The number of aliphatic imine (C=N–C) groups is 1. The summed E-state index contributed by atoms with van der Waals surface area (Å²) in [5.41, 5.74) is 4.29. The Kier molecular flexibility index (Phi) is 9.79. The summed E-state index contributed by atoms with van der Waals surface area (Å²) in [4.78, 5) is 4.78. The van der Waals surface area contributed by atoms with Crippen molar-refractivity contribution in [2.45, 2.75) is 53.0 Å². The first-order valence-corrected chi connectivity index (χ1v) is 9.16. The summed E-state index contributed by atoms with van der Waals surface area (Å²) in [7, 11) is 1.79. The highest BCUT2D eigenvalue weighted by molar-refractivity contribution is 14.0. The van der Waals surface area contributed by atoms with Crippen LogP contribution in [0.1, 0.15) is 49.3 Å². The van der Waals surface area contributed by atoms with Crippen molar-refractivity contribution < 1.29 is 4.74 Å². The van der Waals surface area contributed by atoms with Gasteiger partial charge in [0.25, 0.3) is 0 Å². The molecule has 4 nitrogen and oxygen atoms in total. The number of ether oxygens (including phenoxy) is 1. The molecule has 0 spiro atoms. The van der Waals surface area contributed by atoms with Gasteiger partial charge in [0, 0.05) is 26.8 Å². The summed E-state index contributed by atoms with van der Waals surface area (Å²) in [6, 6.07) is 6.56. The molecule has 0 bridgehead atoms. The van der Waals surface area contributed by atoms with Crippen LogP contribution in [-0.4, -0.2) is 32.8 Å². The van der Waals surface area contributed by atoms with E-state index >= 15 is 0 Å². The lowest BCUT2D eigenvalue weighted by Gasteiger charge is -2.42. The van der Waals surface area contributed by atoms with Crippen molar-refractivity contribution in [1.82, 2.24) is 10.6 Å². The summed E-state index contributed by atoms with van der Waals surface area (Å²) in [5.74, 6) is 0.918. The van der Waals surface area contributed by atoms with Gasteiger partial charge in [-0.15, -0.1) is 24.0 Å². The van der Waals surface area contributed by atoms with E-state index in [1.807, 2.05) is 0 Å². The van der Waals surface area contributed by atoms with Crippen LogP contribution in [0.3, 0.4) is 0 Å². The van der Waals surface area contributed by atoms with E-state index in [9.17, 15) is 0 Å². The van der Waals surface area contributed by atoms with E-state index in [1.54, 1.807) is 7.11 Å². The standard InChI is InChI=1S/C20H33N3O.HI/c1-5-21-19(22-14-18-8-7-16(2)13-17(18)3)23-15-20(9-6-10-20)11-12-24-4;/h7-8,13H,5-6,9-12,14-15H2,1-4H3,(H2,21,22,23);1H. The maximum absolute atomic E-state index is 5.28. The fourth-order valence-corrected chi connectivity index (χ4v) is 3.31. The molecule has 5 heteroatoms. The van der Waals surface area contributed by atoms with E-state index in [0.717, 1.165) is 32.1 Å². The van der Waals surface area contributed by atoms with Gasteiger partial charge in [0.05, 0.1) is 6.54 Å². The summed E-state index contributed by atoms with van der Waals surface area (Å²) >= 11 is 0. The number of nitrogens with zero attached hydrogens (tertiary/aromatic N) is 1. The van der Waals surface area contributed by atoms with Gasteiger partial charge in [-0.1, -0.05) is 30.2 Å². The monoisotopic (exact) mass is 459 g/mol. The Morgan fingerprint density at radius 3 is 2.56 bits per heavy atom. The van der Waals surface area contributed by atoms with Crippen LogP contribution in [-0.2, 0) is 11.3 Å². The van der Waals surface area contributed by atoms with Gasteiger partial charge < -0.3 is 15.4 Å². The molecule has 0 aromatic heterocycles. The van der Waals surface area contributed by atoms with Crippen LogP contribution in [0, 0.1) is 19.3 Å². The van der Waals surface area contributed by atoms with Crippen molar-refractivity contribution in [3.8, 4) is 0 Å². The van der Waals surface area contributed by atoms with E-state index in [-0.39, 0.29) is 24.0 Å². The zero-order chi connectivity index (χ0) is 17.4. The van der Waals surface area contributed by atoms with Crippen LogP contribution < -0.4 is 10.6 Å². The number of hydrogen-bond acceptors (Lipinski definition) is 2. The van der Waals surface area contributed by atoms with Gasteiger partial charge in [0.2, 0.25) is 0 Å². The lowest BCUT2D eigenvalue weighted by molar-refractivity contribution is 0.0732. The molecule has 2 rings (SSSR count). The van der Waals surface area contributed by atoms with Crippen molar-refractivity contribution in [2.75, 3.05) is 26.8 Å². The van der Waals surface area contributed by atoms with Gasteiger partial charge in [0.15, 0.2) is 5.96 Å². The van der Waals surface area contributed by atoms with Crippen LogP contribution in [0.25, 0.3) is 0 Å². The van der Waals surface area contributed by atoms with Gasteiger partial charge in [-0.3, -0.25) is 0 Å². The van der Waals surface area contributed by atoms with E-state index in [4.69, 9.17) is 9.73 Å². The topological polar surface area (TPSA) is 45.7 Å². The number of nitrogens with one attached hydrogen (secondary N) is 2. The summed E-state index contributed by atoms with van der Waals surface area (Å²) in [6.45, 7) is 9.82. The highest BCUT2D eigenvalue weighted by Crippen LogP contribution is 2.43. The molecular formula is C20H34IN3O. The molecule has 1 aromatic rings. The van der Waals surface area contributed by atoms with Crippen LogP contribution >= 0.6 is 24.0 Å². The van der Waals surface area contributed by atoms with Crippen LogP contribution in [0.15, 0.2) is 23.2 Å². The number of hydrogen-bond donors (Lipinski definition) is 2. The Labute approximate surface area is 170 Å². The molecule has 1 saturated carbocycles. The Morgan fingerprint density at radius 1 is 1.24 bits per heavy atom. The zero-order valence-corrected chi connectivity index (χ0v) is 18.5. The fraction of sp³-hybridized carbons (Fsp3) is 0.650. The average molecular weight is 459 g/mol. The Hall–Kier alpha value is -0.820.